The maximum Gasteiger partial charge on any atom is 0.251 e. The third-order valence-electron chi connectivity index (χ3n) is 4.77. The molecule has 2 aromatic carbocycles. The van der Waals surface area contributed by atoms with Crippen LogP contribution in [-0.2, 0) is 16.6 Å². The maximum absolute atomic E-state index is 12.6. The molecular formula is C25H27N3O5S. The highest BCUT2D eigenvalue weighted by Crippen LogP contribution is 2.29. The van der Waals surface area contributed by atoms with Gasteiger partial charge in [-0.2, -0.15) is 0 Å². The van der Waals surface area contributed by atoms with Gasteiger partial charge >= 0.3 is 0 Å². The molecule has 3 aromatic rings. The number of oxazole rings is 1. The maximum atomic E-state index is 12.6. The molecule has 0 aliphatic heterocycles. The van der Waals surface area contributed by atoms with Crippen molar-refractivity contribution in [1.29, 1.82) is 0 Å². The van der Waals surface area contributed by atoms with Crippen LogP contribution in [0.25, 0.3) is 11.5 Å². The zero-order valence-corrected chi connectivity index (χ0v) is 20.3. The number of aliphatic hydroxyl groups is 1. The van der Waals surface area contributed by atoms with Gasteiger partial charge in [-0.15, -0.1) is 0 Å². The predicted octanol–water partition coefficient (Wildman–Crippen LogP) is 3.46. The number of para-hydroxylation sites is 1. The molecule has 8 nitrogen and oxygen atoms in total. The summed E-state index contributed by atoms with van der Waals surface area (Å²) >= 11 is 0. The van der Waals surface area contributed by atoms with Crippen molar-refractivity contribution in [3.63, 3.8) is 0 Å². The van der Waals surface area contributed by atoms with Crippen LogP contribution in [0.3, 0.4) is 0 Å². The van der Waals surface area contributed by atoms with Gasteiger partial charge in [0.05, 0.1) is 23.5 Å². The summed E-state index contributed by atoms with van der Waals surface area (Å²) in [6.45, 7) is 6.62. The zero-order chi connectivity index (χ0) is 24.9. The quantitative estimate of drug-likeness (QED) is 0.444. The van der Waals surface area contributed by atoms with Gasteiger partial charge in [-0.05, 0) is 64.1 Å². The topological polar surface area (TPSA) is 122 Å². The summed E-state index contributed by atoms with van der Waals surface area (Å²) in [5.41, 5.74) is 1.45. The Bertz CT molecular complexity index is 1340. The number of sulfonamides is 1. The number of carbonyl (C=O) groups is 1. The molecule has 0 unspecified atom stereocenters. The molecule has 0 aliphatic carbocycles. The predicted molar refractivity (Wildman–Crippen MR) is 131 cm³/mol. The van der Waals surface area contributed by atoms with Crippen LogP contribution in [0.5, 0.6) is 0 Å². The second kappa shape index (κ2) is 10.1. The van der Waals surface area contributed by atoms with Gasteiger partial charge in [-0.3, -0.25) is 9.52 Å². The zero-order valence-electron chi connectivity index (χ0n) is 19.5. The Morgan fingerprint density at radius 1 is 1.15 bits per heavy atom. The first kappa shape index (κ1) is 25.0. The number of nitrogens with zero attached hydrogens (tertiary/aromatic N) is 1. The van der Waals surface area contributed by atoms with Gasteiger partial charge in [-0.1, -0.05) is 24.0 Å². The first-order valence-corrected chi connectivity index (χ1v) is 12.3. The van der Waals surface area contributed by atoms with Crippen LogP contribution in [0.15, 0.2) is 52.9 Å². The normalized spacial score (nSPS) is 11.4. The molecule has 0 fully saturated rings. The van der Waals surface area contributed by atoms with E-state index in [1.54, 1.807) is 76.2 Å². The van der Waals surface area contributed by atoms with E-state index in [4.69, 9.17) is 4.42 Å². The highest BCUT2D eigenvalue weighted by molar-refractivity contribution is 7.92. The Morgan fingerprint density at radius 2 is 1.82 bits per heavy atom. The summed E-state index contributed by atoms with van der Waals surface area (Å²) in [5.74, 6) is 6.00. The number of anilines is 1. The standard InChI is InChI=1S/C25H27N3O5S/c1-5-34(31,32)28-21-9-7-6-8-20(21)24-27-22(17(2)33-24)16-26-23(29)19-12-10-18(11-13-19)14-15-25(3,4)30/h6-13,28,30H,5,16H2,1-4H3,(H,26,29). The Balaban J connectivity index is 1.72. The summed E-state index contributed by atoms with van der Waals surface area (Å²) in [6.07, 6.45) is 0. The molecule has 9 heteroatoms. The highest BCUT2D eigenvalue weighted by Gasteiger charge is 2.18. The number of hydrogen-bond donors (Lipinski definition) is 3. The number of hydrogen-bond acceptors (Lipinski definition) is 6. The van der Waals surface area contributed by atoms with E-state index < -0.39 is 15.6 Å². The van der Waals surface area contributed by atoms with Crippen LogP contribution >= 0.6 is 0 Å². The Hall–Kier alpha value is -3.61. The largest absolute Gasteiger partial charge is 0.441 e. The second-order valence-corrected chi connectivity index (χ2v) is 10.2. The minimum atomic E-state index is -3.47. The molecule has 1 heterocycles. The van der Waals surface area contributed by atoms with E-state index in [9.17, 15) is 18.3 Å². The third-order valence-corrected chi connectivity index (χ3v) is 6.06. The Kier molecular flexibility index (Phi) is 7.44. The lowest BCUT2D eigenvalue weighted by Gasteiger charge is -2.09. The number of benzene rings is 2. The van der Waals surface area contributed by atoms with Crippen molar-refractivity contribution >= 4 is 21.6 Å². The van der Waals surface area contributed by atoms with E-state index in [0.717, 1.165) is 0 Å². The molecule has 3 N–H and O–H groups in total. The number of aromatic nitrogens is 1. The Labute approximate surface area is 199 Å². The third kappa shape index (κ3) is 6.70. The lowest BCUT2D eigenvalue weighted by atomic mass is 10.1. The summed E-state index contributed by atoms with van der Waals surface area (Å²) in [7, 11) is -3.47. The smallest absolute Gasteiger partial charge is 0.251 e. The fraction of sp³-hybridized carbons (Fsp3) is 0.280. The number of aryl methyl sites for hydroxylation is 1. The Morgan fingerprint density at radius 3 is 2.47 bits per heavy atom. The van der Waals surface area contributed by atoms with Crippen LogP contribution in [0.4, 0.5) is 5.69 Å². The van der Waals surface area contributed by atoms with Gasteiger partial charge < -0.3 is 14.8 Å². The molecule has 0 spiro atoms. The minimum Gasteiger partial charge on any atom is -0.441 e. The van der Waals surface area contributed by atoms with Crippen molar-refractivity contribution in [2.45, 2.75) is 39.8 Å². The average molecular weight is 482 g/mol. The van der Waals surface area contributed by atoms with Gasteiger partial charge in [-0.25, -0.2) is 13.4 Å². The van der Waals surface area contributed by atoms with Crippen molar-refractivity contribution in [2.24, 2.45) is 0 Å². The molecule has 0 radical (unpaired) electrons. The van der Waals surface area contributed by atoms with Crippen molar-refractivity contribution in [1.82, 2.24) is 10.3 Å². The van der Waals surface area contributed by atoms with Gasteiger partial charge in [0.2, 0.25) is 15.9 Å². The molecule has 1 aromatic heterocycles. The van der Waals surface area contributed by atoms with E-state index in [0.29, 0.717) is 33.8 Å². The van der Waals surface area contributed by atoms with Crippen LogP contribution in [0.2, 0.25) is 0 Å². The monoisotopic (exact) mass is 481 g/mol. The summed E-state index contributed by atoms with van der Waals surface area (Å²) < 4.78 is 32.3. The van der Waals surface area contributed by atoms with Crippen LogP contribution in [0, 0.1) is 18.8 Å². The van der Waals surface area contributed by atoms with Crippen molar-refractivity contribution < 1.29 is 22.7 Å². The molecule has 0 saturated carbocycles. The van der Waals surface area contributed by atoms with E-state index in [-0.39, 0.29) is 24.1 Å². The van der Waals surface area contributed by atoms with Crippen molar-refractivity contribution in [2.75, 3.05) is 10.5 Å². The molecule has 0 aliphatic rings. The number of rotatable bonds is 7. The molecule has 34 heavy (non-hydrogen) atoms. The molecule has 3 rings (SSSR count). The number of amides is 1. The molecule has 1 amide bonds. The summed E-state index contributed by atoms with van der Waals surface area (Å²) in [5, 5.41) is 12.5. The minimum absolute atomic E-state index is 0.0593. The molecule has 0 saturated heterocycles. The summed E-state index contributed by atoms with van der Waals surface area (Å²) in [4.78, 5) is 17.0. The van der Waals surface area contributed by atoms with E-state index >= 15 is 0 Å². The lowest BCUT2D eigenvalue weighted by Crippen LogP contribution is -2.23. The lowest BCUT2D eigenvalue weighted by molar-refractivity contribution is 0.0950. The van der Waals surface area contributed by atoms with Gasteiger partial charge in [0.25, 0.3) is 5.91 Å². The van der Waals surface area contributed by atoms with Gasteiger partial charge in [0, 0.05) is 11.1 Å². The highest BCUT2D eigenvalue weighted by atomic mass is 32.2. The van der Waals surface area contributed by atoms with E-state index in [2.05, 4.69) is 26.9 Å². The molecular weight excluding hydrogens is 454 g/mol. The van der Waals surface area contributed by atoms with E-state index in [1.165, 1.54) is 0 Å². The fourth-order valence-electron chi connectivity index (χ4n) is 2.90. The number of carbonyl (C=O) groups excluding carboxylic acids is 1. The summed E-state index contributed by atoms with van der Waals surface area (Å²) in [6, 6.07) is 13.6. The number of nitrogens with one attached hydrogen (secondary N) is 2. The SMILES string of the molecule is CCS(=O)(=O)Nc1ccccc1-c1nc(CNC(=O)c2ccc(C#CC(C)(C)O)cc2)c(C)o1. The molecule has 0 atom stereocenters. The van der Waals surface area contributed by atoms with Crippen LogP contribution in [0.1, 0.15) is 48.1 Å². The fourth-order valence-corrected chi connectivity index (χ4v) is 3.56. The average Bonchev–Trinajstić information content (AvgIpc) is 3.16. The molecule has 178 valence electrons. The molecule has 0 bridgehead atoms. The first-order chi connectivity index (χ1) is 16.0. The van der Waals surface area contributed by atoms with E-state index in [1.807, 2.05) is 0 Å². The first-order valence-electron chi connectivity index (χ1n) is 10.7. The van der Waals surface area contributed by atoms with Crippen molar-refractivity contribution in [3.05, 3.63) is 71.1 Å². The van der Waals surface area contributed by atoms with Crippen LogP contribution in [-0.4, -0.2) is 35.8 Å². The van der Waals surface area contributed by atoms with Gasteiger partial charge in [0.1, 0.15) is 17.1 Å². The van der Waals surface area contributed by atoms with Gasteiger partial charge in [0.15, 0.2) is 0 Å². The second-order valence-electron chi connectivity index (χ2n) is 8.14. The van der Waals surface area contributed by atoms with Crippen LogP contribution < -0.4 is 10.0 Å². The van der Waals surface area contributed by atoms with Crippen molar-refractivity contribution in [3.8, 4) is 23.3 Å².